The maximum Gasteiger partial charge on any atom is 0.253 e. The van der Waals surface area contributed by atoms with E-state index in [4.69, 9.17) is 4.74 Å². The second kappa shape index (κ2) is 8.51. The van der Waals surface area contributed by atoms with Crippen molar-refractivity contribution in [3.8, 4) is 5.69 Å². The van der Waals surface area contributed by atoms with Crippen molar-refractivity contribution in [2.75, 3.05) is 39.4 Å². The van der Waals surface area contributed by atoms with Crippen molar-refractivity contribution in [1.29, 1.82) is 0 Å². The Bertz CT molecular complexity index is 1090. The summed E-state index contributed by atoms with van der Waals surface area (Å²) in [5.74, 6) is 0.0250. The Morgan fingerprint density at radius 3 is 2.52 bits per heavy atom. The van der Waals surface area contributed by atoms with Gasteiger partial charge in [-0.25, -0.2) is 4.98 Å². The first kappa shape index (κ1) is 19.8. The number of nitrogens with zero attached hydrogens (tertiary/aromatic N) is 4. The molecule has 7 heteroatoms. The molecular formula is C24H26N4O3. The highest BCUT2D eigenvalue weighted by Crippen LogP contribution is 2.23. The van der Waals surface area contributed by atoms with E-state index >= 15 is 0 Å². The molecule has 3 heterocycles. The number of fused-ring (bicyclic) bond motifs is 1. The number of carbonyl (C=O) groups is 2. The molecular weight excluding hydrogens is 392 g/mol. The molecule has 0 aliphatic carbocycles. The summed E-state index contributed by atoms with van der Waals surface area (Å²) in [6.07, 6.45) is 3.49. The van der Waals surface area contributed by atoms with Gasteiger partial charge in [-0.1, -0.05) is 12.1 Å². The van der Waals surface area contributed by atoms with Crippen molar-refractivity contribution >= 4 is 22.8 Å². The van der Waals surface area contributed by atoms with Gasteiger partial charge in [0.15, 0.2) is 0 Å². The second-order valence-corrected chi connectivity index (χ2v) is 8.18. The fourth-order valence-electron chi connectivity index (χ4n) is 4.52. The normalized spacial score (nSPS) is 19.5. The van der Waals surface area contributed by atoms with Crippen LogP contribution in [-0.2, 0) is 9.53 Å². The van der Waals surface area contributed by atoms with Crippen LogP contribution >= 0.6 is 0 Å². The summed E-state index contributed by atoms with van der Waals surface area (Å²) in [7, 11) is 0. The maximum absolute atomic E-state index is 13.1. The molecule has 2 aliphatic heterocycles. The molecule has 160 valence electrons. The van der Waals surface area contributed by atoms with Crippen molar-refractivity contribution in [2.24, 2.45) is 5.92 Å². The molecule has 2 aliphatic rings. The molecule has 1 aromatic heterocycles. The Morgan fingerprint density at radius 2 is 1.71 bits per heavy atom. The molecule has 0 N–H and O–H groups in total. The van der Waals surface area contributed by atoms with Crippen molar-refractivity contribution in [3.05, 3.63) is 60.4 Å². The molecule has 2 amide bonds. The number of piperidine rings is 1. The third kappa shape index (κ3) is 3.93. The van der Waals surface area contributed by atoms with Crippen LogP contribution in [0.4, 0.5) is 0 Å². The summed E-state index contributed by atoms with van der Waals surface area (Å²) in [6.45, 7) is 3.67. The van der Waals surface area contributed by atoms with Crippen LogP contribution in [0.1, 0.15) is 23.2 Å². The van der Waals surface area contributed by atoms with Crippen LogP contribution in [0.15, 0.2) is 54.9 Å². The van der Waals surface area contributed by atoms with Gasteiger partial charge in [-0.15, -0.1) is 0 Å². The van der Waals surface area contributed by atoms with Gasteiger partial charge in [-0.05, 0) is 49.2 Å². The summed E-state index contributed by atoms with van der Waals surface area (Å²) >= 11 is 0. The van der Waals surface area contributed by atoms with E-state index in [0.717, 1.165) is 29.6 Å². The molecule has 0 spiro atoms. The third-order valence-corrected chi connectivity index (χ3v) is 6.23. The molecule has 0 bridgehead atoms. The first-order valence-electron chi connectivity index (χ1n) is 10.9. The number of morpholine rings is 1. The van der Waals surface area contributed by atoms with Gasteiger partial charge in [0.05, 0.1) is 30.2 Å². The van der Waals surface area contributed by atoms with Crippen molar-refractivity contribution < 1.29 is 14.3 Å². The lowest BCUT2D eigenvalue weighted by Crippen LogP contribution is -2.49. The molecule has 3 aromatic rings. The lowest BCUT2D eigenvalue weighted by Gasteiger charge is -2.36. The Hall–Kier alpha value is -3.19. The zero-order chi connectivity index (χ0) is 21.2. The fraction of sp³-hybridized carbons (Fsp3) is 0.375. The van der Waals surface area contributed by atoms with E-state index in [1.165, 1.54) is 0 Å². The first-order valence-corrected chi connectivity index (χ1v) is 10.9. The van der Waals surface area contributed by atoms with Crippen LogP contribution in [0, 0.1) is 5.92 Å². The topological polar surface area (TPSA) is 67.7 Å². The van der Waals surface area contributed by atoms with Gasteiger partial charge in [0.2, 0.25) is 5.91 Å². The summed E-state index contributed by atoms with van der Waals surface area (Å²) in [4.78, 5) is 34.1. The number of imidazole rings is 1. The van der Waals surface area contributed by atoms with Crippen LogP contribution < -0.4 is 0 Å². The minimum absolute atomic E-state index is 0.0125. The van der Waals surface area contributed by atoms with E-state index < -0.39 is 0 Å². The number of para-hydroxylation sites is 2. The number of rotatable bonds is 3. The van der Waals surface area contributed by atoms with E-state index in [9.17, 15) is 9.59 Å². The van der Waals surface area contributed by atoms with Crippen LogP contribution in [0.25, 0.3) is 16.7 Å². The average Bonchev–Trinajstić information content (AvgIpc) is 3.28. The Kier molecular flexibility index (Phi) is 5.42. The number of benzene rings is 2. The molecule has 2 aromatic carbocycles. The first-order chi connectivity index (χ1) is 15.2. The van der Waals surface area contributed by atoms with Gasteiger partial charge in [-0.3, -0.25) is 14.2 Å². The highest BCUT2D eigenvalue weighted by atomic mass is 16.5. The predicted octanol–water partition coefficient (Wildman–Crippen LogP) is 2.74. The summed E-state index contributed by atoms with van der Waals surface area (Å²) in [5, 5.41) is 0. The van der Waals surface area contributed by atoms with Gasteiger partial charge >= 0.3 is 0 Å². The van der Waals surface area contributed by atoms with Crippen LogP contribution in [0.3, 0.4) is 0 Å². The third-order valence-electron chi connectivity index (χ3n) is 6.23. The Morgan fingerprint density at radius 1 is 0.935 bits per heavy atom. The minimum Gasteiger partial charge on any atom is -0.378 e. The number of hydrogen-bond donors (Lipinski definition) is 0. The number of likely N-dealkylation sites (tertiary alicyclic amines) is 1. The highest BCUT2D eigenvalue weighted by molar-refractivity contribution is 5.95. The molecule has 7 nitrogen and oxygen atoms in total. The van der Waals surface area contributed by atoms with E-state index in [1.54, 1.807) is 6.33 Å². The smallest absolute Gasteiger partial charge is 0.253 e. The summed E-state index contributed by atoms with van der Waals surface area (Å²) in [6, 6.07) is 15.6. The largest absolute Gasteiger partial charge is 0.378 e. The molecule has 5 rings (SSSR count). The number of amides is 2. The average molecular weight is 418 g/mol. The Labute approximate surface area is 181 Å². The fourth-order valence-corrected chi connectivity index (χ4v) is 4.52. The number of hydrogen-bond acceptors (Lipinski definition) is 4. The monoisotopic (exact) mass is 418 g/mol. The van der Waals surface area contributed by atoms with Gasteiger partial charge in [0.25, 0.3) is 5.91 Å². The van der Waals surface area contributed by atoms with E-state index in [2.05, 4.69) is 4.98 Å². The Balaban J connectivity index is 1.29. The molecule has 31 heavy (non-hydrogen) atoms. The molecule has 0 radical (unpaired) electrons. The molecule has 1 unspecified atom stereocenters. The zero-order valence-corrected chi connectivity index (χ0v) is 17.4. The lowest BCUT2D eigenvalue weighted by atomic mass is 9.95. The van der Waals surface area contributed by atoms with Crippen LogP contribution in [0.5, 0.6) is 0 Å². The van der Waals surface area contributed by atoms with Crippen LogP contribution in [-0.4, -0.2) is 70.6 Å². The predicted molar refractivity (Wildman–Crippen MR) is 117 cm³/mol. The van der Waals surface area contributed by atoms with Crippen molar-refractivity contribution in [3.63, 3.8) is 0 Å². The number of ether oxygens (including phenoxy) is 1. The standard InChI is InChI=1S/C24H26N4O3/c29-23(27-11-3-4-19(16-27)24(30)26-12-14-31-15-13-26)18-7-9-20(10-8-18)28-17-25-21-5-1-2-6-22(21)28/h1-2,5-10,17,19H,3-4,11-16H2. The quantitative estimate of drug-likeness (QED) is 0.656. The minimum atomic E-state index is -0.118. The van der Waals surface area contributed by atoms with Gasteiger partial charge in [-0.2, -0.15) is 0 Å². The van der Waals surface area contributed by atoms with Gasteiger partial charge < -0.3 is 14.5 Å². The van der Waals surface area contributed by atoms with Crippen LogP contribution in [0.2, 0.25) is 0 Å². The van der Waals surface area contributed by atoms with E-state index in [-0.39, 0.29) is 17.7 Å². The molecule has 2 saturated heterocycles. The van der Waals surface area contributed by atoms with E-state index in [0.29, 0.717) is 45.0 Å². The lowest BCUT2D eigenvalue weighted by molar-refractivity contribution is -0.141. The zero-order valence-electron chi connectivity index (χ0n) is 17.4. The summed E-state index contributed by atoms with van der Waals surface area (Å²) in [5.41, 5.74) is 3.57. The SMILES string of the molecule is O=C(c1ccc(-n2cnc3ccccc32)cc1)N1CCCC(C(=O)N2CCOCC2)C1. The molecule has 1 atom stereocenters. The van der Waals surface area contributed by atoms with E-state index in [1.807, 2.05) is 62.9 Å². The summed E-state index contributed by atoms with van der Waals surface area (Å²) < 4.78 is 7.37. The number of carbonyl (C=O) groups excluding carboxylic acids is 2. The maximum atomic E-state index is 13.1. The highest BCUT2D eigenvalue weighted by Gasteiger charge is 2.32. The molecule has 0 saturated carbocycles. The van der Waals surface area contributed by atoms with Gasteiger partial charge in [0, 0.05) is 37.4 Å². The van der Waals surface area contributed by atoms with Gasteiger partial charge in [0.1, 0.15) is 6.33 Å². The molecule has 2 fully saturated rings. The van der Waals surface area contributed by atoms with Crippen molar-refractivity contribution in [1.82, 2.24) is 19.4 Å². The number of aromatic nitrogens is 2. The second-order valence-electron chi connectivity index (χ2n) is 8.18. The van der Waals surface area contributed by atoms with Crippen molar-refractivity contribution in [2.45, 2.75) is 12.8 Å².